The molecule has 0 N–H and O–H groups in total. The highest BCUT2D eigenvalue weighted by Crippen LogP contribution is 2.40. The first-order valence-electron chi connectivity index (χ1n) is 5.31. The number of anilines is 1. The monoisotopic (exact) mass is 261 g/mol. The number of aromatic nitrogens is 2. The second kappa shape index (κ2) is 3.76. The van der Waals surface area contributed by atoms with Crippen LogP contribution in [-0.4, -0.2) is 33.6 Å². The Morgan fingerprint density at radius 1 is 1.35 bits per heavy atom. The molecule has 2 aliphatic rings. The smallest absolute Gasteiger partial charge is 0.352 e. The van der Waals surface area contributed by atoms with Crippen molar-refractivity contribution in [2.24, 2.45) is 0 Å². The van der Waals surface area contributed by atoms with Gasteiger partial charge in [0, 0.05) is 29.7 Å². The molecular formula is C10H10F3N3S. The number of hydrogen-bond acceptors (Lipinski definition) is 4. The van der Waals surface area contributed by atoms with Crippen LogP contribution in [0.1, 0.15) is 12.1 Å². The van der Waals surface area contributed by atoms with Crippen molar-refractivity contribution in [3.05, 3.63) is 18.1 Å². The summed E-state index contributed by atoms with van der Waals surface area (Å²) in [6, 6.07) is 1.38. The topological polar surface area (TPSA) is 29.0 Å². The number of halogens is 3. The molecule has 7 heteroatoms. The van der Waals surface area contributed by atoms with Crippen molar-refractivity contribution in [3.63, 3.8) is 0 Å². The summed E-state index contributed by atoms with van der Waals surface area (Å²) < 4.78 is 37.6. The van der Waals surface area contributed by atoms with Gasteiger partial charge in [0.15, 0.2) is 0 Å². The van der Waals surface area contributed by atoms with Crippen LogP contribution < -0.4 is 4.90 Å². The fourth-order valence-electron chi connectivity index (χ4n) is 2.34. The molecule has 0 spiro atoms. The van der Waals surface area contributed by atoms with Crippen LogP contribution in [0.15, 0.2) is 12.4 Å². The van der Waals surface area contributed by atoms with E-state index in [-0.39, 0.29) is 0 Å². The fourth-order valence-corrected chi connectivity index (χ4v) is 3.77. The van der Waals surface area contributed by atoms with Crippen LogP contribution in [0, 0.1) is 0 Å². The molecule has 2 saturated heterocycles. The lowest BCUT2D eigenvalue weighted by Gasteiger charge is -2.27. The normalized spacial score (nSPS) is 27.8. The summed E-state index contributed by atoms with van der Waals surface area (Å²) in [5.41, 5.74) is -0.863. The van der Waals surface area contributed by atoms with Crippen molar-refractivity contribution in [1.82, 2.24) is 9.97 Å². The highest BCUT2D eigenvalue weighted by Gasteiger charge is 2.40. The zero-order chi connectivity index (χ0) is 12.0. The third-order valence-corrected chi connectivity index (χ3v) is 4.53. The first kappa shape index (κ1) is 11.1. The van der Waals surface area contributed by atoms with E-state index in [0.29, 0.717) is 17.1 Å². The van der Waals surface area contributed by atoms with Crippen LogP contribution in [0.2, 0.25) is 0 Å². The van der Waals surface area contributed by atoms with Crippen molar-refractivity contribution in [2.45, 2.75) is 23.9 Å². The van der Waals surface area contributed by atoms with E-state index in [4.69, 9.17) is 0 Å². The van der Waals surface area contributed by atoms with Crippen molar-refractivity contribution in [3.8, 4) is 0 Å². The minimum absolute atomic E-state index is 0.334. The molecule has 3 heterocycles. The van der Waals surface area contributed by atoms with Crippen molar-refractivity contribution >= 4 is 17.6 Å². The van der Waals surface area contributed by atoms with Gasteiger partial charge >= 0.3 is 6.18 Å². The Labute approximate surface area is 100 Å². The zero-order valence-electron chi connectivity index (χ0n) is 8.81. The molecule has 0 unspecified atom stereocenters. The molecule has 17 heavy (non-hydrogen) atoms. The second-order valence-electron chi connectivity index (χ2n) is 4.26. The minimum atomic E-state index is -4.40. The van der Waals surface area contributed by atoms with E-state index < -0.39 is 11.9 Å². The van der Waals surface area contributed by atoms with Gasteiger partial charge in [0.1, 0.15) is 17.8 Å². The lowest BCUT2D eigenvalue weighted by molar-refractivity contribution is -0.141. The highest BCUT2D eigenvalue weighted by atomic mass is 32.2. The van der Waals surface area contributed by atoms with Gasteiger partial charge in [0.25, 0.3) is 0 Å². The van der Waals surface area contributed by atoms with E-state index in [2.05, 4.69) is 9.97 Å². The van der Waals surface area contributed by atoms with Gasteiger partial charge in [-0.25, -0.2) is 9.97 Å². The largest absolute Gasteiger partial charge is 0.433 e. The van der Waals surface area contributed by atoms with Gasteiger partial charge in [0.05, 0.1) is 0 Å². The van der Waals surface area contributed by atoms with Crippen LogP contribution in [0.3, 0.4) is 0 Å². The van der Waals surface area contributed by atoms with Gasteiger partial charge in [-0.3, -0.25) is 0 Å². The maximum absolute atomic E-state index is 12.5. The van der Waals surface area contributed by atoms with Crippen LogP contribution >= 0.6 is 11.8 Å². The Morgan fingerprint density at radius 2 is 2.18 bits per heavy atom. The summed E-state index contributed by atoms with van der Waals surface area (Å²) in [5, 5.41) is 0.546. The molecule has 0 radical (unpaired) electrons. The van der Waals surface area contributed by atoms with E-state index >= 15 is 0 Å². The molecule has 92 valence electrons. The zero-order valence-corrected chi connectivity index (χ0v) is 9.63. The molecule has 2 fully saturated rings. The van der Waals surface area contributed by atoms with Crippen LogP contribution in [0.4, 0.5) is 19.0 Å². The van der Waals surface area contributed by atoms with Gasteiger partial charge in [-0.15, -0.1) is 0 Å². The molecule has 0 aliphatic carbocycles. The lowest BCUT2D eigenvalue weighted by Crippen LogP contribution is -2.34. The summed E-state index contributed by atoms with van der Waals surface area (Å²) in [7, 11) is 0. The predicted octanol–water partition coefficient (Wildman–Crippen LogP) is 2.19. The van der Waals surface area contributed by atoms with Gasteiger partial charge < -0.3 is 4.90 Å². The summed E-state index contributed by atoms with van der Waals surface area (Å²) in [6.45, 7) is 0.795. The maximum Gasteiger partial charge on any atom is 0.433 e. The number of nitrogens with zero attached hydrogens (tertiary/aromatic N) is 3. The number of hydrogen-bond donors (Lipinski definition) is 0. The minimum Gasteiger partial charge on any atom is -0.352 e. The predicted molar refractivity (Wildman–Crippen MR) is 59.0 cm³/mol. The Bertz CT molecular complexity index is 437. The molecule has 2 atom stereocenters. The van der Waals surface area contributed by atoms with E-state index in [1.807, 2.05) is 16.7 Å². The number of rotatable bonds is 1. The summed E-state index contributed by atoms with van der Waals surface area (Å²) in [4.78, 5) is 9.21. The Kier molecular flexibility index (Phi) is 2.46. The quantitative estimate of drug-likeness (QED) is 0.775. The third-order valence-electron chi connectivity index (χ3n) is 3.14. The summed E-state index contributed by atoms with van der Waals surface area (Å²) in [5.74, 6) is 1.39. The lowest BCUT2D eigenvalue weighted by atomic mass is 10.2. The molecule has 2 aliphatic heterocycles. The van der Waals surface area contributed by atoms with Gasteiger partial charge in [-0.05, 0) is 6.42 Å². The maximum atomic E-state index is 12.5. The van der Waals surface area contributed by atoms with Gasteiger partial charge in [-0.2, -0.15) is 24.9 Å². The number of alkyl halides is 3. The number of thioether (sulfide) groups is 1. The standard InChI is InChI=1S/C10H10F3N3S/c11-10(12,13)8-2-9(15-5-14-8)16-3-7-1-6(16)4-17-7/h2,5-7H,1,3-4H2/t6-,7+/m0/s1. The first-order chi connectivity index (χ1) is 8.04. The molecule has 0 amide bonds. The first-order valence-corrected chi connectivity index (χ1v) is 6.36. The van der Waals surface area contributed by atoms with E-state index in [1.54, 1.807) is 0 Å². The molecule has 2 bridgehead atoms. The summed E-state index contributed by atoms with van der Waals surface area (Å²) >= 11 is 1.89. The van der Waals surface area contributed by atoms with E-state index in [0.717, 1.165) is 31.1 Å². The fraction of sp³-hybridized carbons (Fsp3) is 0.600. The third kappa shape index (κ3) is 1.96. The molecule has 0 saturated carbocycles. The van der Waals surface area contributed by atoms with Crippen LogP contribution in [-0.2, 0) is 6.18 Å². The molecule has 3 rings (SSSR count). The van der Waals surface area contributed by atoms with Gasteiger partial charge in [-0.1, -0.05) is 0 Å². The SMILES string of the molecule is FC(F)(F)c1cc(N2C[C@H]3C[C@H]2CS3)ncn1. The summed E-state index contributed by atoms with van der Waals surface area (Å²) in [6.07, 6.45) is -2.35. The van der Waals surface area contributed by atoms with Crippen LogP contribution in [0.25, 0.3) is 0 Å². The van der Waals surface area contributed by atoms with E-state index in [1.165, 1.54) is 0 Å². The average molecular weight is 261 g/mol. The second-order valence-corrected chi connectivity index (χ2v) is 5.59. The highest BCUT2D eigenvalue weighted by molar-refractivity contribution is 8.00. The van der Waals surface area contributed by atoms with Crippen LogP contribution in [0.5, 0.6) is 0 Å². The number of fused-ring (bicyclic) bond motifs is 2. The van der Waals surface area contributed by atoms with Crippen molar-refractivity contribution in [2.75, 3.05) is 17.2 Å². The van der Waals surface area contributed by atoms with Gasteiger partial charge in [0.2, 0.25) is 0 Å². The molecular weight excluding hydrogens is 251 g/mol. The molecule has 0 aromatic carbocycles. The Hall–Kier alpha value is -0.980. The van der Waals surface area contributed by atoms with Crippen molar-refractivity contribution in [1.29, 1.82) is 0 Å². The molecule has 1 aromatic rings. The molecule has 1 aromatic heterocycles. The Morgan fingerprint density at radius 3 is 2.76 bits per heavy atom. The Balaban J connectivity index is 1.89. The molecule has 3 nitrogen and oxygen atoms in total. The van der Waals surface area contributed by atoms with Crippen molar-refractivity contribution < 1.29 is 13.2 Å². The average Bonchev–Trinajstić information content (AvgIpc) is 2.89. The van der Waals surface area contributed by atoms with E-state index in [9.17, 15) is 13.2 Å².